The van der Waals surface area contributed by atoms with Gasteiger partial charge in [0.25, 0.3) is 5.91 Å². The Kier molecular flexibility index (Phi) is 3.57. The third-order valence-corrected chi connectivity index (χ3v) is 3.61. The van der Waals surface area contributed by atoms with Crippen molar-refractivity contribution < 1.29 is 15.0 Å². The fourth-order valence-corrected chi connectivity index (χ4v) is 2.16. The minimum absolute atomic E-state index is 0.0399. The van der Waals surface area contributed by atoms with Gasteiger partial charge in [0.05, 0.1) is 11.2 Å². The van der Waals surface area contributed by atoms with Crippen molar-refractivity contribution in [1.29, 1.82) is 0 Å². The quantitative estimate of drug-likeness (QED) is 0.759. The topological polar surface area (TPSA) is 69.6 Å². The van der Waals surface area contributed by atoms with Gasteiger partial charge in [0, 0.05) is 6.54 Å². The monoisotopic (exact) mass is 249 g/mol. The van der Waals surface area contributed by atoms with Crippen LogP contribution < -0.4 is 5.32 Å². The number of aromatic hydroxyl groups is 1. The number of aliphatic hydroxyl groups is 1. The number of nitrogens with one attached hydrogen (secondary N) is 1. The molecular weight excluding hydrogens is 230 g/mol. The number of carbonyl (C=O) groups excluding carboxylic acids is 1. The highest BCUT2D eigenvalue weighted by atomic mass is 16.3. The van der Waals surface area contributed by atoms with E-state index >= 15 is 0 Å². The van der Waals surface area contributed by atoms with Crippen LogP contribution in [0.4, 0.5) is 0 Å². The summed E-state index contributed by atoms with van der Waals surface area (Å²) >= 11 is 0. The van der Waals surface area contributed by atoms with Gasteiger partial charge >= 0.3 is 0 Å². The van der Waals surface area contributed by atoms with E-state index in [4.69, 9.17) is 0 Å². The predicted octanol–water partition coefficient (Wildman–Crippen LogP) is 1.60. The molecule has 4 nitrogen and oxygen atoms in total. The van der Waals surface area contributed by atoms with Gasteiger partial charge in [-0.15, -0.1) is 0 Å². The van der Waals surface area contributed by atoms with Crippen molar-refractivity contribution in [2.75, 3.05) is 6.54 Å². The number of amides is 1. The number of phenols is 1. The minimum Gasteiger partial charge on any atom is -0.507 e. The Morgan fingerprint density at radius 3 is 2.72 bits per heavy atom. The number of aryl methyl sites for hydroxylation is 1. The van der Waals surface area contributed by atoms with E-state index in [2.05, 4.69) is 5.32 Å². The molecule has 1 saturated carbocycles. The van der Waals surface area contributed by atoms with Crippen LogP contribution >= 0.6 is 0 Å². The average molecular weight is 249 g/mol. The maximum Gasteiger partial charge on any atom is 0.255 e. The molecule has 0 radical (unpaired) electrons. The van der Waals surface area contributed by atoms with Crippen molar-refractivity contribution in [2.45, 2.75) is 38.2 Å². The zero-order valence-electron chi connectivity index (χ0n) is 10.6. The molecule has 1 aliphatic carbocycles. The first-order valence-corrected chi connectivity index (χ1v) is 6.37. The molecule has 3 N–H and O–H groups in total. The SMILES string of the molecule is CCc1cccc(C(=O)NCC2(O)CCC2)c1O. The summed E-state index contributed by atoms with van der Waals surface area (Å²) in [6.07, 6.45) is 3.14. The zero-order valence-corrected chi connectivity index (χ0v) is 10.6. The lowest BCUT2D eigenvalue weighted by atomic mass is 9.80. The van der Waals surface area contributed by atoms with E-state index in [1.807, 2.05) is 6.92 Å². The second-order valence-electron chi connectivity index (χ2n) is 4.93. The first-order chi connectivity index (χ1) is 8.56. The Labute approximate surface area is 107 Å². The normalized spacial score (nSPS) is 17.0. The summed E-state index contributed by atoms with van der Waals surface area (Å²) in [4.78, 5) is 11.9. The van der Waals surface area contributed by atoms with E-state index in [1.54, 1.807) is 18.2 Å². The molecule has 1 amide bonds. The van der Waals surface area contributed by atoms with Gasteiger partial charge in [0.1, 0.15) is 5.75 Å². The summed E-state index contributed by atoms with van der Waals surface area (Å²) in [7, 11) is 0. The highest BCUT2D eigenvalue weighted by Gasteiger charge is 2.34. The number of benzene rings is 1. The Bertz CT molecular complexity index is 452. The largest absolute Gasteiger partial charge is 0.507 e. The molecule has 0 atom stereocenters. The first kappa shape index (κ1) is 12.9. The van der Waals surface area contributed by atoms with Gasteiger partial charge in [-0.2, -0.15) is 0 Å². The molecule has 0 spiro atoms. The summed E-state index contributed by atoms with van der Waals surface area (Å²) < 4.78 is 0. The molecule has 18 heavy (non-hydrogen) atoms. The van der Waals surface area contributed by atoms with E-state index in [9.17, 15) is 15.0 Å². The number of phenolic OH excluding ortho intramolecular Hbond substituents is 1. The van der Waals surface area contributed by atoms with Crippen molar-refractivity contribution in [3.63, 3.8) is 0 Å². The van der Waals surface area contributed by atoms with Gasteiger partial charge in [-0.3, -0.25) is 4.79 Å². The molecule has 0 heterocycles. The summed E-state index contributed by atoms with van der Waals surface area (Å²) in [6, 6.07) is 5.14. The molecule has 98 valence electrons. The lowest BCUT2D eigenvalue weighted by Crippen LogP contribution is -2.47. The highest BCUT2D eigenvalue weighted by Crippen LogP contribution is 2.31. The highest BCUT2D eigenvalue weighted by molar-refractivity contribution is 5.97. The molecule has 0 aromatic heterocycles. The molecule has 1 fully saturated rings. The van der Waals surface area contributed by atoms with Gasteiger partial charge in [0.15, 0.2) is 0 Å². The zero-order chi connectivity index (χ0) is 13.2. The lowest BCUT2D eigenvalue weighted by molar-refractivity contribution is -0.0300. The second-order valence-corrected chi connectivity index (χ2v) is 4.93. The molecule has 0 saturated heterocycles. The summed E-state index contributed by atoms with van der Waals surface area (Å²) in [5.41, 5.74) is 0.287. The third-order valence-electron chi connectivity index (χ3n) is 3.61. The van der Waals surface area contributed by atoms with Crippen molar-refractivity contribution in [2.24, 2.45) is 0 Å². The van der Waals surface area contributed by atoms with Crippen molar-refractivity contribution in [3.8, 4) is 5.75 Å². The van der Waals surface area contributed by atoms with Crippen LogP contribution in [0.2, 0.25) is 0 Å². The lowest BCUT2D eigenvalue weighted by Gasteiger charge is -2.36. The molecule has 1 aromatic rings. The second kappa shape index (κ2) is 4.98. The maximum absolute atomic E-state index is 11.9. The average Bonchev–Trinajstić information content (AvgIpc) is 2.34. The Balaban J connectivity index is 2.04. The number of para-hydroxylation sites is 1. The molecule has 0 unspecified atom stereocenters. The Hall–Kier alpha value is -1.55. The van der Waals surface area contributed by atoms with Gasteiger partial charge < -0.3 is 15.5 Å². The van der Waals surface area contributed by atoms with Gasteiger partial charge in [-0.1, -0.05) is 19.1 Å². The fourth-order valence-electron chi connectivity index (χ4n) is 2.16. The molecule has 2 rings (SSSR count). The number of hydrogen-bond donors (Lipinski definition) is 3. The summed E-state index contributed by atoms with van der Waals surface area (Å²) in [5, 5.41) is 22.5. The van der Waals surface area contributed by atoms with E-state index in [1.165, 1.54) is 0 Å². The predicted molar refractivity (Wildman–Crippen MR) is 68.6 cm³/mol. The van der Waals surface area contributed by atoms with Crippen molar-refractivity contribution in [3.05, 3.63) is 29.3 Å². The number of hydrogen-bond acceptors (Lipinski definition) is 3. The van der Waals surface area contributed by atoms with Gasteiger partial charge in [0.2, 0.25) is 0 Å². The Morgan fingerprint density at radius 1 is 1.44 bits per heavy atom. The summed E-state index contributed by atoms with van der Waals surface area (Å²) in [5.74, 6) is -0.291. The minimum atomic E-state index is -0.742. The molecule has 0 bridgehead atoms. The molecular formula is C14H19NO3. The van der Waals surface area contributed by atoms with Crippen molar-refractivity contribution in [1.82, 2.24) is 5.32 Å². The van der Waals surface area contributed by atoms with E-state index in [0.29, 0.717) is 6.42 Å². The maximum atomic E-state index is 11.9. The molecule has 1 aliphatic rings. The molecule has 1 aromatic carbocycles. The smallest absolute Gasteiger partial charge is 0.255 e. The van der Waals surface area contributed by atoms with Crippen LogP contribution in [-0.2, 0) is 6.42 Å². The van der Waals surface area contributed by atoms with Crippen LogP contribution in [0.5, 0.6) is 5.75 Å². The first-order valence-electron chi connectivity index (χ1n) is 6.37. The third kappa shape index (κ3) is 2.48. The van der Waals surface area contributed by atoms with Crippen LogP contribution in [0.15, 0.2) is 18.2 Å². The van der Waals surface area contributed by atoms with Crippen LogP contribution in [0.3, 0.4) is 0 Å². The molecule has 0 aliphatic heterocycles. The van der Waals surface area contributed by atoms with Crippen LogP contribution in [0, 0.1) is 0 Å². The van der Waals surface area contributed by atoms with Gasteiger partial charge in [-0.25, -0.2) is 0 Å². The van der Waals surface area contributed by atoms with E-state index in [0.717, 1.165) is 24.8 Å². The van der Waals surface area contributed by atoms with Crippen LogP contribution in [-0.4, -0.2) is 28.3 Å². The van der Waals surface area contributed by atoms with E-state index < -0.39 is 5.60 Å². The van der Waals surface area contributed by atoms with Crippen molar-refractivity contribution >= 4 is 5.91 Å². The molecule has 4 heteroatoms. The van der Waals surface area contributed by atoms with Crippen LogP contribution in [0.25, 0.3) is 0 Å². The van der Waals surface area contributed by atoms with Crippen LogP contribution in [0.1, 0.15) is 42.1 Å². The summed E-state index contributed by atoms with van der Waals surface area (Å²) in [6.45, 7) is 2.18. The fraction of sp³-hybridized carbons (Fsp3) is 0.500. The van der Waals surface area contributed by atoms with E-state index in [-0.39, 0.29) is 23.8 Å². The number of carbonyl (C=O) groups is 1. The van der Waals surface area contributed by atoms with Gasteiger partial charge in [-0.05, 0) is 37.3 Å². The number of rotatable bonds is 4. The standard InChI is InChI=1S/C14H19NO3/c1-2-10-5-3-6-11(12(10)16)13(17)15-9-14(18)7-4-8-14/h3,5-6,16,18H,2,4,7-9H2,1H3,(H,15,17). The Morgan fingerprint density at radius 2 is 2.17 bits per heavy atom.